The van der Waals surface area contributed by atoms with Crippen molar-refractivity contribution in [3.8, 4) is 22.4 Å². The molecule has 0 radical (unpaired) electrons. The smallest absolute Gasteiger partial charge is 0.247 e. The highest BCUT2D eigenvalue weighted by Gasteiger charge is 2.28. The molecule has 2 aromatic heterocycles. The standard InChI is InChI=1S/C23H18Cl2N4O2/c1-14(30)29(20-5-3-2-4-19(20)25)23-21(15-8-10-27-11-9-15)22(28-31-23)16-6-7-18(24)17(12-16)13-26/h2-12H,13,26H2,1H3. The number of hydrogen-bond acceptors (Lipinski definition) is 5. The van der Waals surface area contributed by atoms with Gasteiger partial charge in [0.1, 0.15) is 5.69 Å². The average Bonchev–Trinajstić information content (AvgIpc) is 3.20. The Balaban J connectivity index is 1.98. The van der Waals surface area contributed by atoms with Crippen molar-refractivity contribution < 1.29 is 9.32 Å². The number of para-hydroxylation sites is 1. The Morgan fingerprint density at radius 2 is 1.77 bits per heavy atom. The molecule has 1 amide bonds. The molecule has 156 valence electrons. The third kappa shape index (κ3) is 4.05. The zero-order valence-electron chi connectivity index (χ0n) is 16.5. The number of rotatable bonds is 5. The molecule has 0 unspecified atom stereocenters. The van der Waals surface area contributed by atoms with Crippen molar-refractivity contribution in [2.75, 3.05) is 4.90 Å². The first-order valence-corrected chi connectivity index (χ1v) is 10.2. The first-order valence-electron chi connectivity index (χ1n) is 9.45. The summed E-state index contributed by atoms with van der Waals surface area (Å²) in [5, 5.41) is 5.29. The second-order valence-corrected chi connectivity index (χ2v) is 7.58. The highest BCUT2D eigenvalue weighted by atomic mass is 35.5. The average molecular weight is 453 g/mol. The summed E-state index contributed by atoms with van der Waals surface area (Å²) >= 11 is 12.6. The summed E-state index contributed by atoms with van der Waals surface area (Å²) in [6.45, 7) is 1.72. The van der Waals surface area contributed by atoms with Crippen molar-refractivity contribution in [2.45, 2.75) is 13.5 Å². The fourth-order valence-corrected chi connectivity index (χ4v) is 3.76. The first kappa shape index (κ1) is 21.1. The largest absolute Gasteiger partial charge is 0.337 e. The fourth-order valence-electron chi connectivity index (χ4n) is 3.34. The lowest BCUT2D eigenvalue weighted by Gasteiger charge is -2.20. The van der Waals surface area contributed by atoms with Gasteiger partial charge in [0.25, 0.3) is 0 Å². The van der Waals surface area contributed by atoms with Gasteiger partial charge in [-0.2, -0.15) is 0 Å². The van der Waals surface area contributed by atoms with Crippen LogP contribution in [-0.4, -0.2) is 16.0 Å². The zero-order valence-corrected chi connectivity index (χ0v) is 18.1. The summed E-state index contributed by atoms with van der Waals surface area (Å²) in [6.07, 6.45) is 3.33. The SMILES string of the molecule is CC(=O)N(c1ccccc1Cl)c1onc(-c2ccc(Cl)c(CN)c2)c1-c1ccncc1. The molecule has 0 aliphatic rings. The topological polar surface area (TPSA) is 85.2 Å². The molecule has 0 aliphatic heterocycles. The van der Waals surface area contributed by atoms with Crippen LogP contribution >= 0.6 is 23.2 Å². The number of carbonyl (C=O) groups excluding carboxylic acids is 1. The number of amides is 1. The van der Waals surface area contributed by atoms with Crippen LogP contribution in [0.15, 0.2) is 71.5 Å². The monoisotopic (exact) mass is 452 g/mol. The van der Waals surface area contributed by atoms with E-state index < -0.39 is 0 Å². The van der Waals surface area contributed by atoms with E-state index in [9.17, 15) is 4.79 Å². The van der Waals surface area contributed by atoms with Crippen LogP contribution in [0.4, 0.5) is 11.6 Å². The molecule has 0 atom stereocenters. The Bertz CT molecular complexity index is 1240. The molecule has 0 spiro atoms. The van der Waals surface area contributed by atoms with Gasteiger partial charge in [-0.05, 0) is 47.5 Å². The van der Waals surface area contributed by atoms with Crippen LogP contribution in [0.1, 0.15) is 12.5 Å². The second kappa shape index (κ2) is 8.89. The van der Waals surface area contributed by atoms with Crippen molar-refractivity contribution >= 4 is 40.7 Å². The lowest BCUT2D eigenvalue weighted by molar-refractivity contribution is -0.116. The Morgan fingerprint density at radius 1 is 1.03 bits per heavy atom. The van der Waals surface area contributed by atoms with E-state index in [1.807, 2.05) is 24.3 Å². The van der Waals surface area contributed by atoms with Gasteiger partial charge in [-0.25, -0.2) is 4.90 Å². The molecule has 31 heavy (non-hydrogen) atoms. The lowest BCUT2D eigenvalue weighted by atomic mass is 9.99. The quantitative estimate of drug-likeness (QED) is 0.410. The first-order chi connectivity index (χ1) is 15.0. The van der Waals surface area contributed by atoms with E-state index in [0.717, 1.165) is 16.7 Å². The van der Waals surface area contributed by atoms with E-state index in [-0.39, 0.29) is 18.3 Å². The molecule has 2 heterocycles. The van der Waals surface area contributed by atoms with Crippen LogP contribution < -0.4 is 10.6 Å². The lowest BCUT2D eigenvalue weighted by Crippen LogP contribution is -2.23. The van der Waals surface area contributed by atoms with Crippen molar-refractivity contribution in [1.29, 1.82) is 0 Å². The Kier molecular flexibility index (Phi) is 6.04. The summed E-state index contributed by atoms with van der Waals surface area (Å²) in [5.41, 5.74) is 9.81. The normalized spacial score (nSPS) is 10.8. The number of pyridine rings is 1. The number of nitrogens with zero attached hydrogens (tertiary/aromatic N) is 3. The van der Waals surface area contributed by atoms with Gasteiger partial charge in [-0.15, -0.1) is 0 Å². The minimum Gasteiger partial charge on any atom is -0.337 e. The highest BCUT2D eigenvalue weighted by molar-refractivity contribution is 6.34. The molecule has 2 N–H and O–H groups in total. The molecule has 0 bridgehead atoms. The fraction of sp³-hybridized carbons (Fsp3) is 0.0870. The summed E-state index contributed by atoms with van der Waals surface area (Å²) in [7, 11) is 0. The summed E-state index contributed by atoms with van der Waals surface area (Å²) in [4.78, 5) is 18.2. The van der Waals surface area contributed by atoms with E-state index in [2.05, 4.69) is 10.1 Å². The van der Waals surface area contributed by atoms with Gasteiger partial charge in [0, 0.05) is 36.4 Å². The number of nitrogens with two attached hydrogens (primary N) is 1. The van der Waals surface area contributed by atoms with Crippen molar-refractivity contribution in [3.63, 3.8) is 0 Å². The maximum Gasteiger partial charge on any atom is 0.247 e. The molecular formula is C23H18Cl2N4O2. The maximum absolute atomic E-state index is 12.7. The summed E-state index contributed by atoms with van der Waals surface area (Å²) < 4.78 is 5.75. The van der Waals surface area contributed by atoms with E-state index >= 15 is 0 Å². The van der Waals surface area contributed by atoms with Crippen molar-refractivity contribution in [2.24, 2.45) is 5.73 Å². The van der Waals surface area contributed by atoms with Crippen LogP contribution in [-0.2, 0) is 11.3 Å². The van der Waals surface area contributed by atoms with Crippen LogP contribution in [0.2, 0.25) is 10.0 Å². The maximum atomic E-state index is 12.7. The molecule has 6 nitrogen and oxygen atoms in total. The van der Waals surface area contributed by atoms with E-state index in [0.29, 0.717) is 27.0 Å². The van der Waals surface area contributed by atoms with Crippen molar-refractivity contribution in [1.82, 2.24) is 10.1 Å². The molecule has 0 aliphatic carbocycles. The van der Waals surface area contributed by atoms with Gasteiger partial charge < -0.3 is 10.3 Å². The molecule has 0 fully saturated rings. The summed E-state index contributed by atoms with van der Waals surface area (Å²) in [6, 6.07) is 16.2. The number of carbonyl (C=O) groups is 1. The van der Waals surface area contributed by atoms with Gasteiger partial charge in [0.15, 0.2) is 0 Å². The Labute approximate surface area is 189 Å². The number of anilines is 2. The van der Waals surface area contributed by atoms with Crippen molar-refractivity contribution in [3.05, 3.63) is 82.6 Å². The van der Waals surface area contributed by atoms with Crippen LogP contribution in [0.3, 0.4) is 0 Å². The molecule has 2 aromatic carbocycles. The van der Waals surface area contributed by atoms with Gasteiger partial charge in [-0.1, -0.05) is 46.6 Å². The molecule has 0 saturated heterocycles. The third-order valence-corrected chi connectivity index (χ3v) is 5.48. The minimum atomic E-state index is -0.273. The van der Waals surface area contributed by atoms with Crippen LogP contribution in [0.25, 0.3) is 22.4 Å². The van der Waals surface area contributed by atoms with E-state index in [1.165, 1.54) is 11.8 Å². The zero-order chi connectivity index (χ0) is 22.0. The van der Waals surface area contributed by atoms with Crippen LogP contribution in [0, 0.1) is 0 Å². The van der Waals surface area contributed by atoms with E-state index in [4.69, 9.17) is 33.5 Å². The predicted octanol–water partition coefficient (Wildman–Crippen LogP) is 5.85. The number of aromatic nitrogens is 2. The van der Waals surface area contributed by atoms with E-state index in [1.54, 1.807) is 42.7 Å². The molecule has 4 rings (SSSR count). The molecular weight excluding hydrogens is 435 g/mol. The molecule has 0 saturated carbocycles. The Morgan fingerprint density at radius 3 is 2.45 bits per heavy atom. The minimum absolute atomic E-state index is 0.256. The number of hydrogen-bond donors (Lipinski definition) is 1. The summed E-state index contributed by atoms with van der Waals surface area (Å²) in [5.74, 6) is -0.0177. The van der Waals surface area contributed by atoms with Gasteiger partial charge >= 0.3 is 0 Å². The molecule has 4 aromatic rings. The van der Waals surface area contributed by atoms with Crippen LogP contribution in [0.5, 0.6) is 0 Å². The van der Waals surface area contributed by atoms with Gasteiger partial charge in [0.05, 0.1) is 16.3 Å². The number of benzene rings is 2. The third-order valence-electron chi connectivity index (χ3n) is 4.79. The second-order valence-electron chi connectivity index (χ2n) is 6.76. The highest BCUT2D eigenvalue weighted by Crippen LogP contribution is 2.43. The van der Waals surface area contributed by atoms with Gasteiger partial charge in [0.2, 0.25) is 11.8 Å². The molecule has 8 heteroatoms. The van der Waals surface area contributed by atoms with Gasteiger partial charge in [-0.3, -0.25) is 9.78 Å². The Hall–Kier alpha value is -3.19. The predicted molar refractivity (Wildman–Crippen MR) is 122 cm³/mol. The number of halogens is 2.